The highest BCUT2D eigenvalue weighted by Crippen LogP contribution is 2.06. The van der Waals surface area contributed by atoms with E-state index in [1.54, 1.807) is 47.1 Å². The van der Waals surface area contributed by atoms with Crippen molar-refractivity contribution in [1.29, 1.82) is 5.26 Å². The molecule has 0 fully saturated rings. The maximum absolute atomic E-state index is 11.4. The third-order valence-corrected chi connectivity index (χ3v) is 3.20. The zero-order valence-electron chi connectivity index (χ0n) is 16.1. The lowest BCUT2D eigenvalue weighted by atomic mass is 10.2. The third kappa shape index (κ3) is 8.05. The van der Waals surface area contributed by atoms with E-state index in [9.17, 15) is 14.4 Å². The summed E-state index contributed by atoms with van der Waals surface area (Å²) in [5.74, 6) is 0. The van der Waals surface area contributed by atoms with Crippen LogP contribution in [0.1, 0.15) is 31.9 Å². The molecule has 0 bridgehead atoms. The number of hydrogen-bond acceptors (Lipinski definition) is 5. The normalized spacial score (nSPS) is 10.2. The van der Waals surface area contributed by atoms with Crippen LogP contribution in [0, 0.1) is 11.3 Å². The van der Waals surface area contributed by atoms with E-state index in [1.807, 2.05) is 6.07 Å². The Bertz CT molecular complexity index is 946. The van der Waals surface area contributed by atoms with Crippen molar-refractivity contribution in [2.75, 3.05) is 0 Å². The molecule has 2 heterocycles. The fraction of sp³-hybridized carbons (Fsp3) is 0.368. The molecule has 0 atom stereocenters. The van der Waals surface area contributed by atoms with Crippen LogP contribution in [-0.4, -0.2) is 20.8 Å². The summed E-state index contributed by atoms with van der Waals surface area (Å²) in [6, 6.07) is 7.96. The van der Waals surface area contributed by atoms with Crippen LogP contribution in [0.15, 0.2) is 46.2 Å². The van der Waals surface area contributed by atoms with Gasteiger partial charge in [-0.1, -0.05) is 6.07 Å². The van der Waals surface area contributed by atoms with Gasteiger partial charge in [0.05, 0.1) is 5.56 Å². The molecule has 0 unspecified atom stereocenters. The van der Waals surface area contributed by atoms with Gasteiger partial charge >= 0.3 is 6.09 Å². The van der Waals surface area contributed by atoms with E-state index in [2.05, 4.69) is 5.32 Å². The van der Waals surface area contributed by atoms with Gasteiger partial charge in [0.1, 0.15) is 11.7 Å². The predicted octanol–water partition coefficient (Wildman–Crippen LogP) is 1.67. The van der Waals surface area contributed by atoms with Gasteiger partial charge in [0.15, 0.2) is 0 Å². The minimum absolute atomic E-state index is 0.0778. The lowest BCUT2D eigenvalue weighted by Gasteiger charge is -2.19. The van der Waals surface area contributed by atoms with Gasteiger partial charge in [-0.15, -0.1) is 0 Å². The van der Waals surface area contributed by atoms with Crippen molar-refractivity contribution in [1.82, 2.24) is 14.5 Å². The molecule has 1 amide bonds. The summed E-state index contributed by atoms with van der Waals surface area (Å²) in [5, 5.41) is 11.0. The topological polar surface area (TPSA) is 106 Å². The van der Waals surface area contributed by atoms with Gasteiger partial charge in [-0.3, -0.25) is 9.59 Å². The number of alkyl carbamates (subject to hydrolysis) is 1. The Hall–Kier alpha value is -3.34. The van der Waals surface area contributed by atoms with Crippen molar-refractivity contribution >= 4 is 6.09 Å². The number of amides is 1. The van der Waals surface area contributed by atoms with Gasteiger partial charge in [0, 0.05) is 45.2 Å². The summed E-state index contributed by atoms with van der Waals surface area (Å²) in [6.07, 6.45) is 2.72. The number of hydrogen-bond donors (Lipinski definition) is 1. The number of ether oxygens (including phenoxy) is 1. The van der Waals surface area contributed by atoms with Crippen LogP contribution >= 0.6 is 0 Å². The lowest BCUT2D eigenvalue weighted by Crippen LogP contribution is -2.32. The molecule has 144 valence electrons. The smallest absolute Gasteiger partial charge is 0.407 e. The molecular weight excluding hydrogens is 348 g/mol. The van der Waals surface area contributed by atoms with Crippen LogP contribution < -0.4 is 16.4 Å². The molecule has 2 rings (SSSR count). The molecule has 27 heavy (non-hydrogen) atoms. The van der Waals surface area contributed by atoms with E-state index in [1.165, 1.54) is 33.5 Å². The van der Waals surface area contributed by atoms with Gasteiger partial charge < -0.3 is 19.2 Å². The molecule has 2 aromatic rings. The summed E-state index contributed by atoms with van der Waals surface area (Å²) >= 11 is 0. The molecular formula is C19H24N4O4. The van der Waals surface area contributed by atoms with Crippen molar-refractivity contribution in [2.45, 2.75) is 32.9 Å². The average molecular weight is 372 g/mol. The highest BCUT2D eigenvalue weighted by atomic mass is 16.6. The number of aryl methyl sites for hydroxylation is 2. The minimum atomic E-state index is -0.506. The van der Waals surface area contributed by atoms with E-state index in [4.69, 9.17) is 10.00 Å². The molecule has 2 aromatic heterocycles. The molecule has 1 N–H and O–H groups in total. The van der Waals surface area contributed by atoms with Crippen LogP contribution in [0.3, 0.4) is 0 Å². The zero-order valence-corrected chi connectivity index (χ0v) is 16.1. The SMILES string of the molecule is Cn1cc(C#N)ccc1=O.Cn1cc(CNC(=O)OC(C)(C)C)ccc1=O. The third-order valence-electron chi connectivity index (χ3n) is 3.20. The van der Waals surface area contributed by atoms with Gasteiger partial charge in [-0.25, -0.2) is 4.79 Å². The Balaban J connectivity index is 0.000000309. The van der Waals surface area contributed by atoms with Crippen molar-refractivity contribution in [3.05, 3.63) is 68.5 Å². The summed E-state index contributed by atoms with van der Waals surface area (Å²) in [5.41, 5.74) is 0.665. The Labute approximate surface area is 157 Å². The number of pyridine rings is 2. The first-order valence-electron chi connectivity index (χ1n) is 8.21. The molecule has 0 aliphatic carbocycles. The number of nitrogens with one attached hydrogen (secondary N) is 1. The molecule has 0 aromatic carbocycles. The first-order valence-corrected chi connectivity index (χ1v) is 8.21. The molecule has 0 aliphatic heterocycles. The molecule has 8 nitrogen and oxygen atoms in total. The van der Waals surface area contributed by atoms with E-state index in [0.717, 1.165) is 5.56 Å². The number of carbonyl (C=O) groups excluding carboxylic acids is 1. The fourth-order valence-corrected chi connectivity index (χ4v) is 1.90. The van der Waals surface area contributed by atoms with Crippen molar-refractivity contribution in [2.24, 2.45) is 14.1 Å². The second-order valence-electron chi connectivity index (χ2n) is 6.82. The largest absolute Gasteiger partial charge is 0.444 e. The van der Waals surface area contributed by atoms with Crippen molar-refractivity contribution in [3.8, 4) is 6.07 Å². The summed E-state index contributed by atoms with van der Waals surface area (Å²) in [6.45, 7) is 5.75. The van der Waals surface area contributed by atoms with E-state index in [-0.39, 0.29) is 11.1 Å². The molecule has 0 radical (unpaired) electrons. The van der Waals surface area contributed by atoms with Crippen LogP contribution in [0.25, 0.3) is 0 Å². The molecule has 0 spiro atoms. The summed E-state index contributed by atoms with van der Waals surface area (Å²) in [7, 11) is 3.28. The molecule has 8 heteroatoms. The molecule has 0 aliphatic rings. The Morgan fingerprint density at radius 3 is 2.11 bits per heavy atom. The van der Waals surface area contributed by atoms with Crippen molar-refractivity contribution in [3.63, 3.8) is 0 Å². The number of nitriles is 1. The summed E-state index contributed by atoms with van der Waals surface area (Å²) in [4.78, 5) is 33.3. The predicted molar refractivity (Wildman–Crippen MR) is 101 cm³/mol. The fourth-order valence-electron chi connectivity index (χ4n) is 1.90. The van der Waals surface area contributed by atoms with E-state index in [0.29, 0.717) is 12.1 Å². The lowest BCUT2D eigenvalue weighted by molar-refractivity contribution is 0.0523. The van der Waals surface area contributed by atoms with Crippen LogP contribution in [0.2, 0.25) is 0 Å². The Morgan fingerprint density at radius 1 is 1.07 bits per heavy atom. The summed E-state index contributed by atoms with van der Waals surface area (Å²) < 4.78 is 7.93. The Morgan fingerprint density at radius 2 is 1.63 bits per heavy atom. The van der Waals surface area contributed by atoms with Crippen LogP contribution in [0.5, 0.6) is 0 Å². The highest BCUT2D eigenvalue weighted by Gasteiger charge is 2.15. The standard InChI is InChI=1S/C12H18N2O3.C7H6N2O/c1-12(2,3)17-11(16)13-7-9-5-6-10(15)14(4)8-9;1-9-5-6(4-8)2-3-7(9)10/h5-6,8H,7H2,1-4H3,(H,13,16);2-3,5H,1H3. The van der Waals surface area contributed by atoms with E-state index >= 15 is 0 Å². The quantitative estimate of drug-likeness (QED) is 0.863. The van der Waals surface area contributed by atoms with E-state index < -0.39 is 11.7 Å². The monoisotopic (exact) mass is 372 g/mol. The average Bonchev–Trinajstić information content (AvgIpc) is 2.57. The van der Waals surface area contributed by atoms with Gasteiger partial charge in [-0.2, -0.15) is 5.26 Å². The minimum Gasteiger partial charge on any atom is -0.444 e. The number of nitrogens with zero attached hydrogens (tertiary/aromatic N) is 3. The number of carbonyl (C=O) groups is 1. The first kappa shape index (κ1) is 21.7. The number of aromatic nitrogens is 2. The molecule has 0 saturated carbocycles. The molecule has 0 saturated heterocycles. The Kier molecular flexibility index (Phi) is 7.54. The second-order valence-corrected chi connectivity index (χ2v) is 6.82. The number of rotatable bonds is 2. The first-order chi connectivity index (χ1) is 12.5. The van der Waals surface area contributed by atoms with Crippen LogP contribution in [-0.2, 0) is 25.4 Å². The van der Waals surface area contributed by atoms with Gasteiger partial charge in [0.2, 0.25) is 11.1 Å². The van der Waals surface area contributed by atoms with Crippen LogP contribution in [0.4, 0.5) is 4.79 Å². The van der Waals surface area contributed by atoms with Gasteiger partial charge in [-0.05, 0) is 32.4 Å². The second kappa shape index (κ2) is 9.38. The maximum Gasteiger partial charge on any atom is 0.407 e. The highest BCUT2D eigenvalue weighted by molar-refractivity contribution is 5.67. The van der Waals surface area contributed by atoms with Crippen molar-refractivity contribution < 1.29 is 9.53 Å². The maximum atomic E-state index is 11.4. The van der Waals surface area contributed by atoms with Gasteiger partial charge in [0.25, 0.3) is 0 Å². The zero-order chi connectivity index (χ0) is 20.6.